The van der Waals surface area contributed by atoms with Gasteiger partial charge >= 0.3 is 0 Å². The minimum atomic E-state index is -0.112. The van der Waals surface area contributed by atoms with E-state index >= 15 is 0 Å². The quantitative estimate of drug-likeness (QED) is 0.483. The number of hydrogen-bond donors (Lipinski definition) is 2. The summed E-state index contributed by atoms with van der Waals surface area (Å²) in [5.41, 5.74) is 1.13. The van der Waals surface area contributed by atoms with Crippen LogP contribution in [0.2, 0.25) is 0 Å². The third-order valence-electron chi connectivity index (χ3n) is 4.54. The summed E-state index contributed by atoms with van der Waals surface area (Å²) in [5, 5.41) is 5.89. The molecule has 0 saturated heterocycles. The van der Waals surface area contributed by atoms with E-state index in [1.807, 2.05) is 38.1 Å². The summed E-state index contributed by atoms with van der Waals surface area (Å²) in [5.74, 6) is 0.997. The molecule has 6 nitrogen and oxygen atoms in total. The minimum absolute atomic E-state index is 0.112. The SMILES string of the molecule is CCOc1ccccc1C(=O)NCCCCCCNC(=O)c1ccccc1OCC. The van der Waals surface area contributed by atoms with E-state index in [9.17, 15) is 9.59 Å². The second-order valence-electron chi connectivity index (χ2n) is 6.78. The van der Waals surface area contributed by atoms with Gasteiger partial charge in [0.05, 0.1) is 24.3 Å². The molecule has 0 atom stereocenters. The van der Waals surface area contributed by atoms with Crippen molar-refractivity contribution in [3.63, 3.8) is 0 Å². The molecule has 0 aliphatic rings. The van der Waals surface area contributed by atoms with Gasteiger partial charge < -0.3 is 20.1 Å². The fourth-order valence-electron chi connectivity index (χ4n) is 3.07. The Kier molecular flexibility index (Phi) is 10.3. The fraction of sp³-hybridized carbons (Fsp3) is 0.417. The number of hydrogen-bond acceptors (Lipinski definition) is 4. The lowest BCUT2D eigenvalue weighted by Gasteiger charge is -2.11. The van der Waals surface area contributed by atoms with Crippen LogP contribution in [0.5, 0.6) is 11.5 Å². The van der Waals surface area contributed by atoms with E-state index in [1.54, 1.807) is 24.3 Å². The van der Waals surface area contributed by atoms with Gasteiger partial charge in [-0.2, -0.15) is 0 Å². The van der Waals surface area contributed by atoms with Crippen molar-refractivity contribution in [2.24, 2.45) is 0 Å². The smallest absolute Gasteiger partial charge is 0.255 e. The molecule has 0 heterocycles. The third kappa shape index (κ3) is 7.43. The van der Waals surface area contributed by atoms with Crippen molar-refractivity contribution in [1.29, 1.82) is 0 Å². The van der Waals surface area contributed by atoms with Gasteiger partial charge in [-0.1, -0.05) is 37.1 Å². The van der Waals surface area contributed by atoms with Gasteiger partial charge in [0, 0.05) is 13.1 Å². The van der Waals surface area contributed by atoms with Crippen LogP contribution >= 0.6 is 0 Å². The summed E-state index contributed by atoms with van der Waals surface area (Å²) in [6.07, 6.45) is 3.75. The monoisotopic (exact) mass is 412 g/mol. The van der Waals surface area contributed by atoms with Crippen molar-refractivity contribution in [1.82, 2.24) is 10.6 Å². The van der Waals surface area contributed by atoms with Gasteiger partial charge in [0.2, 0.25) is 0 Å². The maximum absolute atomic E-state index is 12.3. The van der Waals surface area contributed by atoms with Crippen LogP contribution in [0.3, 0.4) is 0 Å². The Balaban J connectivity index is 1.60. The molecule has 30 heavy (non-hydrogen) atoms. The highest BCUT2D eigenvalue weighted by molar-refractivity contribution is 5.97. The van der Waals surface area contributed by atoms with Crippen LogP contribution in [0, 0.1) is 0 Å². The molecule has 0 bridgehead atoms. The molecule has 0 aromatic heterocycles. The molecular formula is C24H32N2O4. The third-order valence-corrected chi connectivity index (χ3v) is 4.54. The van der Waals surface area contributed by atoms with Crippen LogP contribution < -0.4 is 20.1 Å². The van der Waals surface area contributed by atoms with Crippen LogP contribution in [0.15, 0.2) is 48.5 Å². The summed E-state index contributed by atoms with van der Waals surface area (Å²) < 4.78 is 11.0. The first-order valence-corrected chi connectivity index (χ1v) is 10.7. The van der Waals surface area contributed by atoms with Gasteiger partial charge in [0.25, 0.3) is 11.8 Å². The summed E-state index contributed by atoms with van der Waals surface area (Å²) in [7, 11) is 0. The number of unbranched alkanes of at least 4 members (excludes halogenated alkanes) is 3. The van der Waals surface area contributed by atoms with Gasteiger partial charge in [0.15, 0.2) is 0 Å². The molecule has 2 N–H and O–H groups in total. The van der Waals surface area contributed by atoms with E-state index in [0.29, 0.717) is 48.9 Å². The Morgan fingerprint density at radius 1 is 0.667 bits per heavy atom. The molecule has 0 saturated carbocycles. The summed E-state index contributed by atoms with van der Waals surface area (Å²) in [6, 6.07) is 14.5. The Labute approximate surface area is 179 Å². The van der Waals surface area contributed by atoms with E-state index in [0.717, 1.165) is 25.7 Å². The molecular weight excluding hydrogens is 380 g/mol. The Morgan fingerprint density at radius 3 is 1.47 bits per heavy atom. The van der Waals surface area contributed by atoms with E-state index in [4.69, 9.17) is 9.47 Å². The van der Waals surface area contributed by atoms with Gasteiger partial charge in [-0.15, -0.1) is 0 Å². The summed E-state index contributed by atoms with van der Waals surface area (Å²) in [4.78, 5) is 24.6. The highest BCUT2D eigenvalue weighted by Crippen LogP contribution is 2.18. The van der Waals surface area contributed by atoms with E-state index < -0.39 is 0 Å². The van der Waals surface area contributed by atoms with E-state index in [1.165, 1.54) is 0 Å². The van der Waals surface area contributed by atoms with Crippen molar-refractivity contribution >= 4 is 11.8 Å². The first-order valence-electron chi connectivity index (χ1n) is 10.7. The fourth-order valence-corrected chi connectivity index (χ4v) is 3.07. The highest BCUT2D eigenvalue weighted by Gasteiger charge is 2.12. The molecule has 2 aromatic carbocycles. The predicted molar refractivity (Wildman–Crippen MR) is 118 cm³/mol. The zero-order valence-electron chi connectivity index (χ0n) is 17.9. The lowest BCUT2D eigenvalue weighted by molar-refractivity contribution is 0.0939. The number of carbonyl (C=O) groups is 2. The van der Waals surface area contributed by atoms with Crippen LogP contribution in [-0.4, -0.2) is 38.1 Å². The number of para-hydroxylation sites is 2. The lowest BCUT2D eigenvalue weighted by atomic mass is 10.1. The number of ether oxygens (including phenoxy) is 2. The van der Waals surface area contributed by atoms with Crippen molar-refractivity contribution < 1.29 is 19.1 Å². The molecule has 0 aliphatic carbocycles. The molecule has 2 aromatic rings. The summed E-state index contributed by atoms with van der Waals surface area (Å²) in [6.45, 7) is 6.08. The first-order chi connectivity index (χ1) is 14.7. The minimum Gasteiger partial charge on any atom is -0.493 e. The molecule has 0 fully saturated rings. The van der Waals surface area contributed by atoms with E-state index in [2.05, 4.69) is 10.6 Å². The van der Waals surface area contributed by atoms with Gasteiger partial charge in [-0.05, 0) is 51.0 Å². The molecule has 0 radical (unpaired) electrons. The molecule has 2 rings (SSSR count). The van der Waals surface area contributed by atoms with Gasteiger partial charge in [-0.3, -0.25) is 9.59 Å². The van der Waals surface area contributed by atoms with Crippen LogP contribution in [0.25, 0.3) is 0 Å². The number of rotatable bonds is 13. The average Bonchev–Trinajstić information content (AvgIpc) is 2.76. The van der Waals surface area contributed by atoms with Crippen molar-refractivity contribution in [3.8, 4) is 11.5 Å². The number of benzene rings is 2. The first kappa shape index (κ1) is 23.3. The predicted octanol–water partition coefficient (Wildman–Crippen LogP) is 4.20. The molecule has 2 amide bonds. The number of amides is 2. The Hall–Kier alpha value is -3.02. The zero-order chi connectivity index (χ0) is 21.6. The molecule has 0 spiro atoms. The van der Waals surface area contributed by atoms with Gasteiger partial charge in [0.1, 0.15) is 11.5 Å². The topological polar surface area (TPSA) is 76.7 Å². The number of carbonyl (C=O) groups excluding carboxylic acids is 2. The Morgan fingerprint density at radius 2 is 1.07 bits per heavy atom. The molecule has 0 aliphatic heterocycles. The molecule has 6 heteroatoms. The number of nitrogens with one attached hydrogen (secondary N) is 2. The maximum atomic E-state index is 12.3. The average molecular weight is 413 g/mol. The van der Waals surface area contributed by atoms with Crippen molar-refractivity contribution in [3.05, 3.63) is 59.7 Å². The largest absolute Gasteiger partial charge is 0.493 e. The second-order valence-corrected chi connectivity index (χ2v) is 6.78. The van der Waals surface area contributed by atoms with Crippen LogP contribution in [0.4, 0.5) is 0 Å². The van der Waals surface area contributed by atoms with Crippen LogP contribution in [-0.2, 0) is 0 Å². The lowest BCUT2D eigenvalue weighted by Crippen LogP contribution is -2.25. The standard InChI is InChI=1S/C24H32N2O4/c1-3-29-21-15-9-7-13-19(21)23(27)25-17-11-5-6-12-18-26-24(28)20-14-8-10-16-22(20)30-4-2/h7-10,13-16H,3-6,11-12,17-18H2,1-2H3,(H,25,27)(H,26,28). The second kappa shape index (κ2) is 13.2. The normalized spacial score (nSPS) is 10.3. The van der Waals surface area contributed by atoms with Crippen molar-refractivity contribution in [2.75, 3.05) is 26.3 Å². The van der Waals surface area contributed by atoms with Crippen LogP contribution in [0.1, 0.15) is 60.2 Å². The summed E-state index contributed by atoms with van der Waals surface area (Å²) >= 11 is 0. The maximum Gasteiger partial charge on any atom is 0.255 e. The van der Waals surface area contributed by atoms with Crippen molar-refractivity contribution in [2.45, 2.75) is 39.5 Å². The zero-order valence-corrected chi connectivity index (χ0v) is 17.9. The molecule has 162 valence electrons. The van der Waals surface area contributed by atoms with E-state index in [-0.39, 0.29) is 11.8 Å². The molecule has 0 unspecified atom stereocenters. The van der Waals surface area contributed by atoms with Gasteiger partial charge in [-0.25, -0.2) is 0 Å². The Bertz CT molecular complexity index is 740. The highest BCUT2D eigenvalue weighted by atomic mass is 16.5.